The van der Waals surface area contributed by atoms with Gasteiger partial charge in [-0.2, -0.15) is 0 Å². The Hall–Kier alpha value is -2.77. The molecule has 1 aromatic carbocycles. The number of fused-ring (bicyclic) bond motifs is 2. The van der Waals surface area contributed by atoms with E-state index in [-0.39, 0.29) is 35.3 Å². The van der Waals surface area contributed by atoms with Gasteiger partial charge in [0, 0.05) is 11.6 Å². The molecular formula is C18H15ClF3N3O6S. The quantitative estimate of drug-likeness (QED) is 0.671. The molecule has 14 heteroatoms. The van der Waals surface area contributed by atoms with E-state index in [0.29, 0.717) is 6.42 Å². The fourth-order valence-corrected chi connectivity index (χ4v) is 4.92. The summed E-state index contributed by atoms with van der Waals surface area (Å²) in [5, 5.41) is 9.88. The van der Waals surface area contributed by atoms with Crippen LogP contribution in [0.5, 0.6) is 11.6 Å². The van der Waals surface area contributed by atoms with E-state index in [1.54, 1.807) is 0 Å². The first-order valence-electron chi connectivity index (χ1n) is 9.14. The summed E-state index contributed by atoms with van der Waals surface area (Å²) in [7, 11) is -4.62. The van der Waals surface area contributed by atoms with Crippen molar-refractivity contribution >= 4 is 33.2 Å². The molecule has 0 unspecified atom stereocenters. The van der Waals surface area contributed by atoms with Crippen molar-refractivity contribution in [2.24, 2.45) is 0 Å². The molecule has 32 heavy (non-hydrogen) atoms. The zero-order valence-electron chi connectivity index (χ0n) is 16.0. The predicted molar refractivity (Wildman–Crippen MR) is 104 cm³/mol. The molecule has 2 aliphatic heterocycles. The highest BCUT2D eigenvalue weighted by Gasteiger charge is 2.40. The Labute approximate surface area is 184 Å². The van der Waals surface area contributed by atoms with Gasteiger partial charge in [0.25, 0.3) is 15.9 Å². The number of hydrogen-bond acceptors (Lipinski definition) is 7. The van der Waals surface area contributed by atoms with Crippen LogP contribution in [-0.4, -0.2) is 61.0 Å². The highest BCUT2D eigenvalue weighted by molar-refractivity contribution is 7.92. The lowest BCUT2D eigenvalue weighted by Crippen LogP contribution is -2.41. The van der Waals surface area contributed by atoms with Crippen LogP contribution in [0, 0.1) is 0 Å². The van der Waals surface area contributed by atoms with Gasteiger partial charge in [-0.05, 0) is 30.7 Å². The van der Waals surface area contributed by atoms with Crippen LogP contribution in [0.25, 0.3) is 0 Å². The normalized spacial score (nSPS) is 20.8. The molecule has 0 bridgehead atoms. The van der Waals surface area contributed by atoms with E-state index in [9.17, 15) is 31.5 Å². The maximum Gasteiger partial charge on any atom is 0.573 e. The molecule has 0 spiro atoms. The van der Waals surface area contributed by atoms with E-state index in [1.165, 1.54) is 4.90 Å². The number of pyridine rings is 1. The fraction of sp³-hybridized carbons (Fsp3) is 0.333. The molecule has 3 heterocycles. The third-order valence-electron chi connectivity index (χ3n) is 4.92. The van der Waals surface area contributed by atoms with Gasteiger partial charge in [-0.3, -0.25) is 9.52 Å². The minimum absolute atomic E-state index is 0.0125. The van der Waals surface area contributed by atoms with Gasteiger partial charge < -0.3 is 19.5 Å². The number of aromatic nitrogens is 1. The second-order valence-electron chi connectivity index (χ2n) is 7.05. The Morgan fingerprint density at radius 2 is 2.06 bits per heavy atom. The largest absolute Gasteiger partial charge is 0.573 e. The summed E-state index contributed by atoms with van der Waals surface area (Å²) in [6.07, 6.45) is -4.48. The zero-order chi connectivity index (χ0) is 23.3. The first-order valence-corrected chi connectivity index (χ1v) is 11.0. The molecule has 172 valence electrons. The number of nitrogens with zero attached hydrogens (tertiary/aromatic N) is 2. The molecule has 0 radical (unpaired) electrons. The molecule has 1 fully saturated rings. The Balaban J connectivity index is 1.66. The maximum absolute atomic E-state index is 12.9. The standard InChI is InChI=1S/C18H15ClF3N3O6S/c19-9-1-2-14(31-18(20,21)22)15(5-9)32(28,29)24-10-6-11-16(23-7-10)30-8-12-13(26)3-4-25(12)17(11)27/h1-2,5-7,12-13,24,26H,3-4,8H2/t12-,13-/m0/s1. The van der Waals surface area contributed by atoms with E-state index in [2.05, 4.69) is 14.4 Å². The number of sulfonamides is 1. The number of aliphatic hydroxyl groups is 1. The van der Waals surface area contributed by atoms with Crippen molar-refractivity contribution in [3.8, 4) is 11.6 Å². The smallest absolute Gasteiger partial charge is 0.475 e. The van der Waals surface area contributed by atoms with Crippen molar-refractivity contribution in [2.45, 2.75) is 29.8 Å². The molecule has 2 atom stereocenters. The summed E-state index contributed by atoms with van der Waals surface area (Å²) in [6, 6.07) is 3.21. The van der Waals surface area contributed by atoms with Gasteiger partial charge in [-0.25, -0.2) is 13.4 Å². The number of amides is 1. The molecule has 4 rings (SSSR count). The van der Waals surface area contributed by atoms with Crippen LogP contribution in [0.4, 0.5) is 18.9 Å². The number of nitrogens with one attached hydrogen (secondary N) is 1. The molecule has 2 aliphatic rings. The molecule has 0 saturated carbocycles. The van der Waals surface area contributed by atoms with Crippen LogP contribution in [0.3, 0.4) is 0 Å². The van der Waals surface area contributed by atoms with Crippen LogP contribution in [-0.2, 0) is 10.0 Å². The van der Waals surface area contributed by atoms with Crippen LogP contribution >= 0.6 is 11.6 Å². The zero-order valence-corrected chi connectivity index (χ0v) is 17.5. The second kappa shape index (κ2) is 7.98. The first kappa shape index (κ1) is 22.4. The van der Waals surface area contributed by atoms with Crippen molar-refractivity contribution in [1.29, 1.82) is 0 Å². The van der Waals surface area contributed by atoms with Gasteiger partial charge in [-0.1, -0.05) is 11.6 Å². The lowest BCUT2D eigenvalue weighted by Gasteiger charge is -2.22. The number of benzene rings is 1. The summed E-state index contributed by atoms with van der Waals surface area (Å²) in [4.78, 5) is 17.4. The van der Waals surface area contributed by atoms with Crippen molar-refractivity contribution < 1.29 is 41.0 Å². The SMILES string of the molecule is O=C1c2cc(NS(=O)(=O)c3cc(Cl)ccc3OC(F)(F)F)cnc2OC[C@H]2[C@@H](O)CCN12. The molecule has 1 amide bonds. The summed E-state index contributed by atoms with van der Waals surface area (Å²) >= 11 is 5.76. The number of hydrogen-bond donors (Lipinski definition) is 2. The number of aliphatic hydroxyl groups excluding tert-OH is 1. The lowest BCUT2D eigenvalue weighted by atomic mass is 10.2. The van der Waals surface area contributed by atoms with Crippen LogP contribution < -0.4 is 14.2 Å². The molecule has 2 N–H and O–H groups in total. The van der Waals surface area contributed by atoms with Crippen molar-refractivity contribution in [2.75, 3.05) is 17.9 Å². The van der Waals surface area contributed by atoms with E-state index >= 15 is 0 Å². The van der Waals surface area contributed by atoms with E-state index in [0.717, 1.165) is 30.5 Å². The van der Waals surface area contributed by atoms with E-state index in [4.69, 9.17) is 16.3 Å². The maximum atomic E-state index is 12.9. The Kier molecular flexibility index (Phi) is 5.59. The highest BCUT2D eigenvalue weighted by atomic mass is 35.5. The number of carbonyl (C=O) groups excluding carboxylic acids is 1. The topological polar surface area (TPSA) is 118 Å². The second-order valence-corrected chi connectivity index (χ2v) is 9.14. The highest BCUT2D eigenvalue weighted by Crippen LogP contribution is 2.34. The lowest BCUT2D eigenvalue weighted by molar-refractivity contribution is -0.275. The van der Waals surface area contributed by atoms with Crippen molar-refractivity contribution in [3.05, 3.63) is 41.0 Å². The third-order valence-corrected chi connectivity index (χ3v) is 6.55. The minimum atomic E-state index is -5.13. The molecule has 1 aromatic heterocycles. The molecule has 2 aromatic rings. The number of halogens is 4. The molecule has 9 nitrogen and oxygen atoms in total. The van der Waals surface area contributed by atoms with Gasteiger partial charge >= 0.3 is 6.36 Å². The first-order chi connectivity index (χ1) is 14.9. The Morgan fingerprint density at radius 1 is 1.31 bits per heavy atom. The van der Waals surface area contributed by atoms with Gasteiger partial charge in [0.1, 0.15) is 22.8 Å². The number of alkyl halides is 3. The average Bonchev–Trinajstić information content (AvgIpc) is 3.00. The van der Waals surface area contributed by atoms with Crippen molar-refractivity contribution in [1.82, 2.24) is 9.88 Å². The van der Waals surface area contributed by atoms with Gasteiger partial charge in [0.05, 0.1) is 24.0 Å². The molecular weight excluding hydrogens is 479 g/mol. The Morgan fingerprint density at radius 3 is 2.78 bits per heavy atom. The van der Waals surface area contributed by atoms with Gasteiger partial charge in [-0.15, -0.1) is 13.2 Å². The van der Waals surface area contributed by atoms with E-state index < -0.39 is 45.1 Å². The Bertz CT molecular complexity index is 1180. The monoisotopic (exact) mass is 493 g/mol. The average molecular weight is 494 g/mol. The van der Waals surface area contributed by atoms with Crippen LogP contribution in [0.2, 0.25) is 5.02 Å². The van der Waals surface area contributed by atoms with E-state index in [1.807, 2.05) is 0 Å². The summed E-state index contributed by atoms with van der Waals surface area (Å²) in [5.74, 6) is -1.55. The summed E-state index contributed by atoms with van der Waals surface area (Å²) < 4.78 is 75.0. The fourth-order valence-electron chi connectivity index (χ4n) is 3.50. The van der Waals surface area contributed by atoms with Crippen molar-refractivity contribution in [3.63, 3.8) is 0 Å². The number of anilines is 1. The van der Waals surface area contributed by atoms with Crippen LogP contribution in [0.15, 0.2) is 35.4 Å². The molecule has 1 saturated heterocycles. The third kappa shape index (κ3) is 4.40. The summed E-state index contributed by atoms with van der Waals surface area (Å²) in [6.45, 7) is 0.294. The summed E-state index contributed by atoms with van der Waals surface area (Å²) in [5.41, 5.74) is -0.253. The molecule has 0 aliphatic carbocycles. The minimum Gasteiger partial charge on any atom is -0.475 e. The van der Waals surface area contributed by atoms with Crippen LogP contribution in [0.1, 0.15) is 16.8 Å². The number of ether oxygens (including phenoxy) is 2. The number of rotatable bonds is 4. The number of carbonyl (C=O) groups is 1. The predicted octanol–water partition coefficient (Wildman–Crippen LogP) is 2.40. The van der Waals surface area contributed by atoms with Gasteiger partial charge in [0.2, 0.25) is 5.88 Å². The van der Waals surface area contributed by atoms with Gasteiger partial charge in [0.15, 0.2) is 0 Å².